The van der Waals surface area contributed by atoms with Gasteiger partial charge in [-0.25, -0.2) is 4.39 Å². The van der Waals surface area contributed by atoms with Crippen LogP contribution in [0.15, 0.2) is 35.0 Å². The van der Waals surface area contributed by atoms with Gasteiger partial charge in [0.1, 0.15) is 5.82 Å². The first-order valence-corrected chi connectivity index (χ1v) is 7.40. The molecule has 6 heteroatoms. The molecule has 1 unspecified atom stereocenters. The quantitative estimate of drug-likeness (QED) is 0.793. The summed E-state index contributed by atoms with van der Waals surface area (Å²) in [5.74, 6) is -0.868. The van der Waals surface area contributed by atoms with E-state index >= 15 is 0 Å². The van der Waals surface area contributed by atoms with Crippen molar-refractivity contribution in [3.05, 3.63) is 57.5 Å². The van der Waals surface area contributed by atoms with E-state index in [0.717, 1.165) is 18.6 Å². The highest BCUT2D eigenvalue weighted by atomic mass is 32.1. The molecular weight excluding hydrogens is 302 g/mol. The molecule has 2 rings (SSSR count). The highest BCUT2D eigenvalue weighted by Crippen LogP contribution is 2.30. The Balaban J connectivity index is 1.98. The molecule has 0 saturated carbocycles. The Kier molecular flexibility index (Phi) is 5.00. The molecule has 21 heavy (non-hydrogen) atoms. The highest BCUT2D eigenvalue weighted by Gasteiger charge is 2.31. The molecule has 2 aromatic rings. The second-order valence-corrected chi connectivity index (χ2v) is 5.74. The van der Waals surface area contributed by atoms with Gasteiger partial charge in [0.25, 0.3) is 0 Å². The van der Waals surface area contributed by atoms with Gasteiger partial charge in [0.2, 0.25) is 0 Å². The molecule has 1 N–H and O–H groups in total. The van der Waals surface area contributed by atoms with Gasteiger partial charge in [-0.15, -0.1) is 0 Å². The van der Waals surface area contributed by atoms with Crippen molar-refractivity contribution in [2.45, 2.75) is 32.1 Å². The van der Waals surface area contributed by atoms with Crippen LogP contribution in [0.4, 0.5) is 17.6 Å². The first-order valence-electron chi connectivity index (χ1n) is 6.46. The molecule has 0 fully saturated rings. The minimum Gasteiger partial charge on any atom is -0.310 e. The highest BCUT2D eigenvalue weighted by molar-refractivity contribution is 7.07. The molecule has 1 heterocycles. The zero-order chi connectivity index (χ0) is 15.5. The van der Waals surface area contributed by atoms with Crippen molar-refractivity contribution in [1.82, 2.24) is 5.32 Å². The fourth-order valence-electron chi connectivity index (χ4n) is 2.04. The average Bonchev–Trinajstić information content (AvgIpc) is 2.87. The lowest BCUT2D eigenvalue weighted by Gasteiger charge is -2.14. The van der Waals surface area contributed by atoms with Crippen molar-refractivity contribution in [3.63, 3.8) is 0 Å². The van der Waals surface area contributed by atoms with E-state index in [1.165, 1.54) is 5.56 Å². The lowest BCUT2D eigenvalue weighted by Crippen LogP contribution is -2.27. The van der Waals surface area contributed by atoms with E-state index in [2.05, 4.69) is 5.32 Å². The molecule has 0 saturated heterocycles. The Morgan fingerprint density at radius 3 is 2.57 bits per heavy atom. The minimum absolute atomic E-state index is 0.0946. The van der Waals surface area contributed by atoms with Crippen molar-refractivity contribution in [2.24, 2.45) is 0 Å². The number of hydrogen-bond acceptors (Lipinski definition) is 2. The van der Waals surface area contributed by atoms with Crippen LogP contribution in [-0.2, 0) is 19.1 Å². The third-order valence-corrected chi connectivity index (χ3v) is 3.79. The number of rotatable bonds is 5. The topological polar surface area (TPSA) is 12.0 Å². The number of halogens is 4. The van der Waals surface area contributed by atoms with E-state index in [1.807, 2.05) is 23.8 Å². The third-order valence-electron chi connectivity index (χ3n) is 3.06. The van der Waals surface area contributed by atoms with Gasteiger partial charge in [-0.2, -0.15) is 24.5 Å². The Morgan fingerprint density at radius 1 is 1.19 bits per heavy atom. The fraction of sp³-hybridized carbons (Fsp3) is 0.333. The van der Waals surface area contributed by atoms with Gasteiger partial charge in [0, 0.05) is 12.6 Å². The summed E-state index contributed by atoms with van der Waals surface area (Å²) >= 11 is 1.60. The summed E-state index contributed by atoms with van der Waals surface area (Å²) in [5.41, 5.74) is 0.513. The van der Waals surface area contributed by atoms with Crippen molar-refractivity contribution in [2.75, 3.05) is 0 Å². The number of thiophene rings is 1. The molecule has 0 amide bonds. The molecule has 1 atom stereocenters. The summed E-state index contributed by atoms with van der Waals surface area (Å²) in [4.78, 5) is 0. The van der Waals surface area contributed by atoms with E-state index < -0.39 is 17.6 Å². The maximum absolute atomic E-state index is 13.3. The summed E-state index contributed by atoms with van der Waals surface area (Å²) in [5, 5.41) is 7.12. The van der Waals surface area contributed by atoms with E-state index in [9.17, 15) is 17.6 Å². The van der Waals surface area contributed by atoms with Gasteiger partial charge in [-0.1, -0.05) is 0 Å². The van der Waals surface area contributed by atoms with Crippen LogP contribution in [-0.4, -0.2) is 6.04 Å². The molecular formula is C15H15F4NS. The minimum atomic E-state index is -4.53. The smallest absolute Gasteiger partial charge is 0.310 e. The zero-order valence-corrected chi connectivity index (χ0v) is 12.2. The maximum Gasteiger partial charge on any atom is 0.416 e. The normalized spacial score (nSPS) is 13.4. The Labute approximate surface area is 124 Å². The Morgan fingerprint density at radius 2 is 1.95 bits per heavy atom. The molecule has 0 spiro atoms. The first kappa shape index (κ1) is 16.0. The van der Waals surface area contributed by atoms with Gasteiger partial charge in [-0.3, -0.25) is 0 Å². The summed E-state index contributed by atoms with van der Waals surface area (Å²) < 4.78 is 51.1. The number of nitrogens with one attached hydrogen (secondary N) is 1. The van der Waals surface area contributed by atoms with Crippen LogP contribution >= 0.6 is 11.3 Å². The van der Waals surface area contributed by atoms with E-state index in [0.29, 0.717) is 11.6 Å². The Hall–Kier alpha value is -1.40. The SMILES string of the molecule is CC(Cc1ccsc1)NCc1cc(F)cc(C(F)(F)F)c1. The van der Waals surface area contributed by atoms with Gasteiger partial charge >= 0.3 is 6.18 Å². The second-order valence-electron chi connectivity index (χ2n) is 4.96. The van der Waals surface area contributed by atoms with Crippen molar-refractivity contribution in [1.29, 1.82) is 0 Å². The van der Waals surface area contributed by atoms with Gasteiger partial charge < -0.3 is 5.32 Å². The van der Waals surface area contributed by atoms with E-state index in [1.54, 1.807) is 11.3 Å². The van der Waals surface area contributed by atoms with Crippen LogP contribution in [0.25, 0.3) is 0 Å². The van der Waals surface area contributed by atoms with Crippen LogP contribution in [0.2, 0.25) is 0 Å². The van der Waals surface area contributed by atoms with Gasteiger partial charge in [-0.05, 0) is 59.5 Å². The molecule has 0 bridgehead atoms. The number of hydrogen-bond donors (Lipinski definition) is 1. The summed E-state index contributed by atoms with van der Waals surface area (Å²) in [6, 6.07) is 4.72. The molecule has 0 aliphatic heterocycles. The molecule has 0 aliphatic rings. The average molecular weight is 317 g/mol. The van der Waals surface area contributed by atoms with E-state index in [4.69, 9.17) is 0 Å². The second kappa shape index (κ2) is 6.58. The lowest BCUT2D eigenvalue weighted by atomic mass is 10.1. The molecule has 1 aromatic carbocycles. The van der Waals surface area contributed by atoms with Crippen molar-refractivity contribution < 1.29 is 17.6 Å². The molecule has 1 nitrogen and oxygen atoms in total. The predicted octanol–water partition coefficient (Wildman–Crippen LogP) is 4.63. The molecule has 0 aliphatic carbocycles. The Bertz CT molecular complexity index is 578. The zero-order valence-electron chi connectivity index (χ0n) is 11.4. The maximum atomic E-state index is 13.3. The fourth-order valence-corrected chi connectivity index (χ4v) is 2.72. The lowest BCUT2D eigenvalue weighted by molar-refractivity contribution is -0.137. The standard InChI is InChI=1S/C15H15F4NS/c1-10(4-11-2-3-21-9-11)20-8-12-5-13(15(17,18)19)7-14(16)6-12/h2-3,5-7,9-10,20H,4,8H2,1H3. The van der Waals surface area contributed by atoms with Crippen LogP contribution in [0.5, 0.6) is 0 Å². The van der Waals surface area contributed by atoms with E-state index in [-0.39, 0.29) is 12.6 Å². The summed E-state index contributed by atoms with van der Waals surface area (Å²) in [6.07, 6.45) is -3.75. The number of benzene rings is 1. The summed E-state index contributed by atoms with van der Waals surface area (Å²) in [6.45, 7) is 2.15. The van der Waals surface area contributed by atoms with Crippen LogP contribution in [0, 0.1) is 5.82 Å². The van der Waals surface area contributed by atoms with Crippen molar-refractivity contribution >= 4 is 11.3 Å². The van der Waals surface area contributed by atoms with Crippen molar-refractivity contribution in [3.8, 4) is 0 Å². The van der Waals surface area contributed by atoms with Crippen LogP contribution in [0.1, 0.15) is 23.6 Å². The molecule has 114 valence electrons. The third kappa shape index (κ3) is 4.82. The van der Waals surface area contributed by atoms with Crippen LogP contribution < -0.4 is 5.32 Å². The molecule has 0 radical (unpaired) electrons. The predicted molar refractivity (Wildman–Crippen MR) is 75.7 cm³/mol. The monoisotopic (exact) mass is 317 g/mol. The van der Waals surface area contributed by atoms with Gasteiger partial charge in [0.05, 0.1) is 5.56 Å². The molecule has 1 aromatic heterocycles. The number of alkyl halides is 3. The summed E-state index contributed by atoms with van der Waals surface area (Å²) in [7, 11) is 0. The van der Waals surface area contributed by atoms with Crippen LogP contribution in [0.3, 0.4) is 0 Å². The largest absolute Gasteiger partial charge is 0.416 e. The van der Waals surface area contributed by atoms with Gasteiger partial charge in [0.15, 0.2) is 0 Å². The first-order chi connectivity index (χ1) is 9.84.